The fraction of sp³-hybridized carbons (Fsp3) is 0.908. The summed E-state index contributed by atoms with van der Waals surface area (Å²) >= 11 is 0. The van der Waals surface area contributed by atoms with E-state index in [1.807, 2.05) is 0 Å². The van der Waals surface area contributed by atoms with Crippen molar-refractivity contribution in [1.82, 2.24) is 0 Å². The Balaban J connectivity index is 4.24. The molecule has 0 bridgehead atoms. The molecule has 0 rings (SSSR count). The summed E-state index contributed by atoms with van der Waals surface area (Å²) < 4.78 is 17.0. The molecule has 0 spiro atoms. The molecule has 0 fully saturated rings. The molecular weight excluding hydrogens is 1010 g/mol. The predicted octanol–water partition coefficient (Wildman–Crippen LogP) is 25.7. The maximum absolute atomic E-state index is 13.0. The third-order valence-electron chi connectivity index (χ3n) is 17.2. The summed E-state index contributed by atoms with van der Waals surface area (Å²) in [6.45, 7) is 6.72. The van der Waals surface area contributed by atoms with Crippen molar-refractivity contribution in [3.05, 3.63) is 24.3 Å². The Morgan fingerprint density at radius 1 is 0.232 bits per heavy atom. The van der Waals surface area contributed by atoms with Gasteiger partial charge in [-0.2, -0.15) is 0 Å². The van der Waals surface area contributed by atoms with Crippen LogP contribution in [-0.2, 0) is 28.6 Å². The highest BCUT2D eigenvalue weighted by molar-refractivity contribution is 5.71. The van der Waals surface area contributed by atoms with Crippen LogP contribution >= 0.6 is 0 Å². The molecule has 0 aliphatic heterocycles. The molecule has 0 heterocycles. The molecule has 1 atom stereocenters. The van der Waals surface area contributed by atoms with E-state index < -0.39 is 6.10 Å². The van der Waals surface area contributed by atoms with Crippen LogP contribution in [0.15, 0.2) is 24.3 Å². The van der Waals surface area contributed by atoms with Crippen molar-refractivity contribution in [1.29, 1.82) is 0 Å². The molecule has 0 aromatic rings. The quantitative estimate of drug-likeness (QED) is 0.0261. The Morgan fingerprint density at radius 2 is 0.402 bits per heavy atom. The first kappa shape index (κ1) is 79.9. The van der Waals surface area contributed by atoms with E-state index in [0.717, 1.165) is 64.2 Å². The van der Waals surface area contributed by atoms with Gasteiger partial charge >= 0.3 is 17.9 Å². The number of carbonyl (C=O) groups excluding carboxylic acids is 3. The smallest absolute Gasteiger partial charge is 0.306 e. The monoisotopic (exact) mass is 1150 g/mol. The van der Waals surface area contributed by atoms with Crippen LogP contribution in [0, 0.1) is 0 Å². The summed E-state index contributed by atoms with van der Waals surface area (Å²) in [5.74, 6) is -0.840. The van der Waals surface area contributed by atoms with Gasteiger partial charge in [0.25, 0.3) is 0 Å². The Morgan fingerprint density at radius 3 is 0.610 bits per heavy atom. The molecule has 484 valence electrons. The van der Waals surface area contributed by atoms with Crippen molar-refractivity contribution < 1.29 is 28.6 Å². The van der Waals surface area contributed by atoms with Gasteiger partial charge in [-0.3, -0.25) is 14.4 Å². The van der Waals surface area contributed by atoms with E-state index in [4.69, 9.17) is 14.2 Å². The predicted molar refractivity (Wildman–Crippen MR) is 358 cm³/mol. The minimum atomic E-state index is -0.772. The molecule has 6 nitrogen and oxygen atoms in total. The van der Waals surface area contributed by atoms with E-state index in [1.54, 1.807) is 0 Å². The highest BCUT2D eigenvalue weighted by atomic mass is 16.6. The molecule has 0 aliphatic rings. The minimum absolute atomic E-state index is 0.0675. The summed E-state index contributed by atoms with van der Waals surface area (Å²) in [7, 11) is 0. The third-order valence-corrected chi connectivity index (χ3v) is 17.2. The van der Waals surface area contributed by atoms with E-state index in [9.17, 15) is 14.4 Å². The van der Waals surface area contributed by atoms with Crippen molar-refractivity contribution in [3.63, 3.8) is 0 Å². The van der Waals surface area contributed by atoms with Gasteiger partial charge in [-0.1, -0.05) is 360 Å². The van der Waals surface area contributed by atoms with Gasteiger partial charge in [-0.15, -0.1) is 0 Å². The summed E-state index contributed by atoms with van der Waals surface area (Å²) in [4.78, 5) is 38.5. The van der Waals surface area contributed by atoms with Crippen molar-refractivity contribution >= 4 is 17.9 Å². The van der Waals surface area contributed by atoms with Gasteiger partial charge < -0.3 is 14.2 Å². The van der Waals surface area contributed by atoms with Gasteiger partial charge in [-0.25, -0.2) is 0 Å². The lowest BCUT2D eigenvalue weighted by Crippen LogP contribution is -2.30. The molecule has 6 heteroatoms. The number of esters is 3. The first-order valence-electron chi connectivity index (χ1n) is 37.3. The largest absolute Gasteiger partial charge is 0.462 e. The van der Waals surface area contributed by atoms with Crippen molar-refractivity contribution in [2.75, 3.05) is 13.2 Å². The highest BCUT2D eigenvalue weighted by Gasteiger charge is 2.20. The molecule has 1 unspecified atom stereocenters. The number of rotatable bonds is 70. The Bertz CT molecular complexity index is 1320. The van der Waals surface area contributed by atoms with Crippen LogP contribution in [-0.4, -0.2) is 37.2 Å². The third kappa shape index (κ3) is 68.7. The lowest BCUT2D eigenvalue weighted by molar-refractivity contribution is -0.167. The average molecular weight is 1150 g/mol. The second-order valence-corrected chi connectivity index (χ2v) is 25.6. The molecule has 0 saturated heterocycles. The summed E-state index contributed by atoms with van der Waals surface area (Å²) in [6, 6.07) is 0. The van der Waals surface area contributed by atoms with Crippen molar-refractivity contribution in [2.45, 2.75) is 431 Å². The average Bonchev–Trinajstić information content (AvgIpc) is 3.47. The fourth-order valence-electron chi connectivity index (χ4n) is 11.6. The number of hydrogen-bond donors (Lipinski definition) is 0. The first-order valence-corrected chi connectivity index (χ1v) is 37.3. The number of hydrogen-bond acceptors (Lipinski definition) is 6. The van der Waals surface area contributed by atoms with Crippen LogP contribution < -0.4 is 0 Å². The van der Waals surface area contributed by atoms with Crippen LogP contribution in [0.25, 0.3) is 0 Å². The van der Waals surface area contributed by atoms with E-state index in [1.165, 1.54) is 321 Å². The van der Waals surface area contributed by atoms with Crippen molar-refractivity contribution in [3.8, 4) is 0 Å². The molecule has 82 heavy (non-hydrogen) atoms. The number of unbranched alkanes of at least 4 members (excludes halogenated alkanes) is 55. The SMILES string of the molecule is CCCCCCCCC/C=C\CCCCCCCC(=O)OCC(COC(=O)CCCCCCCCCCCCCCCCC/C=C\CCCCCCCCCC)OC(=O)CCCCCCCCCCCCCCCCCCCCCCC. The van der Waals surface area contributed by atoms with Crippen LogP contribution in [0.2, 0.25) is 0 Å². The molecule has 0 aromatic heterocycles. The lowest BCUT2D eigenvalue weighted by atomic mass is 10.0. The van der Waals surface area contributed by atoms with Gasteiger partial charge in [0.15, 0.2) is 6.10 Å². The van der Waals surface area contributed by atoms with Gasteiger partial charge in [0.05, 0.1) is 0 Å². The Labute approximate surface area is 513 Å². The van der Waals surface area contributed by atoms with Gasteiger partial charge in [-0.05, 0) is 70.6 Å². The number of allylic oxidation sites excluding steroid dienone is 4. The van der Waals surface area contributed by atoms with Gasteiger partial charge in [0.2, 0.25) is 0 Å². The molecule has 0 N–H and O–H groups in total. The normalized spacial score (nSPS) is 12.1. The maximum atomic E-state index is 13.0. The second-order valence-electron chi connectivity index (χ2n) is 25.6. The zero-order chi connectivity index (χ0) is 59.2. The zero-order valence-electron chi connectivity index (χ0n) is 55.8. The lowest BCUT2D eigenvalue weighted by Gasteiger charge is -2.18. The van der Waals surface area contributed by atoms with Crippen LogP contribution in [0.5, 0.6) is 0 Å². The summed E-state index contributed by atoms with van der Waals surface area (Å²) in [5.41, 5.74) is 0. The van der Waals surface area contributed by atoms with Crippen LogP contribution in [0.3, 0.4) is 0 Å². The fourth-order valence-corrected chi connectivity index (χ4v) is 11.6. The minimum Gasteiger partial charge on any atom is -0.462 e. The van der Waals surface area contributed by atoms with E-state index in [0.29, 0.717) is 19.3 Å². The van der Waals surface area contributed by atoms with E-state index in [2.05, 4.69) is 45.1 Å². The van der Waals surface area contributed by atoms with E-state index in [-0.39, 0.29) is 31.1 Å². The second kappa shape index (κ2) is 71.4. The molecular formula is C76H144O6. The topological polar surface area (TPSA) is 78.9 Å². The number of carbonyl (C=O) groups is 3. The highest BCUT2D eigenvalue weighted by Crippen LogP contribution is 2.19. The molecule has 0 saturated carbocycles. The number of ether oxygens (including phenoxy) is 3. The Kier molecular flexibility index (Phi) is 69.5. The Hall–Kier alpha value is -2.11. The molecule has 0 radical (unpaired) electrons. The van der Waals surface area contributed by atoms with Gasteiger partial charge in [0.1, 0.15) is 13.2 Å². The standard InChI is InChI=1S/C76H144O6/c1-4-7-10-13-16-19-22-25-28-31-33-35-36-37-38-39-40-42-43-45-48-51-54-57-60-63-66-69-75(78)81-72-73(71-80-74(77)68-65-62-59-56-53-50-47-30-27-24-21-18-15-12-9-6-3)82-76(79)70-67-64-61-58-55-52-49-46-44-41-34-32-29-26-23-20-17-14-11-8-5-2/h30-31,33,47,73H,4-29,32,34-46,48-72H2,1-3H3/b33-31-,47-30-. The van der Waals surface area contributed by atoms with E-state index >= 15 is 0 Å². The van der Waals surface area contributed by atoms with Crippen molar-refractivity contribution in [2.24, 2.45) is 0 Å². The zero-order valence-corrected chi connectivity index (χ0v) is 55.8. The summed E-state index contributed by atoms with van der Waals surface area (Å²) in [6.07, 6.45) is 87.9. The molecule has 0 aromatic carbocycles. The van der Waals surface area contributed by atoms with Crippen LogP contribution in [0.1, 0.15) is 425 Å². The van der Waals surface area contributed by atoms with Gasteiger partial charge in [0, 0.05) is 19.3 Å². The van der Waals surface area contributed by atoms with Crippen LogP contribution in [0.4, 0.5) is 0 Å². The molecule has 0 aliphatic carbocycles. The summed E-state index contributed by atoms with van der Waals surface area (Å²) in [5, 5.41) is 0. The maximum Gasteiger partial charge on any atom is 0.306 e. The molecule has 0 amide bonds. The first-order chi connectivity index (χ1) is 40.5.